The van der Waals surface area contributed by atoms with Gasteiger partial charge in [0.15, 0.2) is 0 Å². The van der Waals surface area contributed by atoms with Crippen molar-refractivity contribution in [3.63, 3.8) is 0 Å². The maximum atomic E-state index is 5.95. The summed E-state index contributed by atoms with van der Waals surface area (Å²) in [5.74, 6) is 6.63. The van der Waals surface area contributed by atoms with Crippen molar-refractivity contribution in [1.82, 2.24) is 0 Å². The zero-order chi connectivity index (χ0) is 11.9. The molecule has 0 saturated heterocycles. The predicted molar refractivity (Wildman–Crippen MR) is 70.3 cm³/mol. The Morgan fingerprint density at radius 3 is 2.41 bits per heavy atom. The minimum absolute atomic E-state index is 0.332. The molecule has 0 aliphatic carbocycles. The largest absolute Gasteiger partial charge is 0.479 e. The van der Waals surface area contributed by atoms with Crippen LogP contribution in [0.2, 0.25) is 5.02 Å². The molecule has 0 aromatic heterocycles. The van der Waals surface area contributed by atoms with Gasteiger partial charge in [-0.3, -0.25) is 0 Å². The molecule has 0 atom stereocenters. The summed E-state index contributed by atoms with van der Waals surface area (Å²) in [5.41, 5.74) is 0.982. The third kappa shape index (κ3) is 3.55. The quantitative estimate of drug-likeness (QED) is 0.729. The molecule has 0 amide bonds. The van der Waals surface area contributed by atoms with Gasteiger partial charge >= 0.3 is 0 Å². The maximum absolute atomic E-state index is 5.95. The highest BCUT2D eigenvalue weighted by Gasteiger charge is 1.96. The van der Waals surface area contributed by atoms with E-state index in [4.69, 9.17) is 16.3 Å². The summed E-state index contributed by atoms with van der Waals surface area (Å²) in [4.78, 5) is 0. The first-order chi connectivity index (χ1) is 8.36. The molecule has 0 bridgehead atoms. The predicted octanol–water partition coefficient (Wildman–Crippen LogP) is 3.77. The number of hydrogen-bond donors (Lipinski definition) is 0. The van der Waals surface area contributed by atoms with Crippen LogP contribution in [0.1, 0.15) is 5.56 Å². The zero-order valence-electron chi connectivity index (χ0n) is 9.19. The van der Waals surface area contributed by atoms with Crippen molar-refractivity contribution in [2.45, 2.75) is 0 Å². The van der Waals surface area contributed by atoms with Crippen LogP contribution in [0.15, 0.2) is 54.6 Å². The Balaban J connectivity index is 1.93. The topological polar surface area (TPSA) is 9.23 Å². The highest BCUT2D eigenvalue weighted by Crippen LogP contribution is 2.22. The smallest absolute Gasteiger partial charge is 0.149 e. The summed E-state index contributed by atoms with van der Waals surface area (Å²) in [6, 6.07) is 17.2. The third-order valence-corrected chi connectivity index (χ3v) is 2.46. The number of ether oxygens (including phenoxy) is 1. The van der Waals surface area contributed by atoms with Crippen molar-refractivity contribution in [3.05, 3.63) is 65.2 Å². The van der Waals surface area contributed by atoms with Crippen molar-refractivity contribution < 1.29 is 4.74 Å². The van der Waals surface area contributed by atoms with Gasteiger partial charge in [0, 0.05) is 5.56 Å². The Morgan fingerprint density at radius 1 is 0.941 bits per heavy atom. The second kappa shape index (κ2) is 5.98. The van der Waals surface area contributed by atoms with E-state index in [2.05, 4.69) is 11.8 Å². The molecule has 0 aliphatic rings. The SMILES string of the molecule is Clc1ccccc1OCC#Cc1ccccc1. The molecular weight excluding hydrogens is 232 g/mol. The molecule has 0 spiro atoms. The van der Waals surface area contributed by atoms with E-state index in [0.717, 1.165) is 5.56 Å². The van der Waals surface area contributed by atoms with Gasteiger partial charge in [-0.25, -0.2) is 0 Å². The van der Waals surface area contributed by atoms with Gasteiger partial charge in [-0.05, 0) is 24.3 Å². The van der Waals surface area contributed by atoms with Crippen LogP contribution in [0, 0.1) is 11.8 Å². The maximum Gasteiger partial charge on any atom is 0.149 e. The Morgan fingerprint density at radius 2 is 1.65 bits per heavy atom. The van der Waals surface area contributed by atoms with Crippen LogP contribution in [0.4, 0.5) is 0 Å². The van der Waals surface area contributed by atoms with Gasteiger partial charge in [0.05, 0.1) is 5.02 Å². The fourth-order valence-electron chi connectivity index (χ4n) is 1.34. The summed E-state index contributed by atoms with van der Waals surface area (Å²) in [5, 5.41) is 0.606. The summed E-state index contributed by atoms with van der Waals surface area (Å²) in [6.07, 6.45) is 0. The normalized spacial score (nSPS) is 9.24. The van der Waals surface area contributed by atoms with Gasteiger partial charge in [-0.1, -0.05) is 53.8 Å². The van der Waals surface area contributed by atoms with Crippen molar-refractivity contribution in [2.24, 2.45) is 0 Å². The van der Waals surface area contributed by atoms with Gasteiger partial charge in [0.1, 0.15) is 12.4 Å². The molecule has 2 aromatic carbocycles. The molecule has 2 heteroatoms. The van der Waals surface area contributed by atoms with Crippen molar-refractivity contribution in [2.75, 3.05) is 6.61 Å². The minimum atomic E-state index is 0.332. The summed E-state index contributed by atoms with van der Waals surface area (Å²) in [6.45, 7) is 0.332. The molecule has 2 rings (SSSR count). The van der Waals surface area contributed by atoms with E-state index in [1.807, 2.05) is 48.5 Å². The molecule has 1 nitrogen and oxygen atoms in total. The number of para-hydroxylation sites is 1. The van der Waals surface area contributed by atoms with Gasteiger partial charge in [-0.2, -0.15) is 0 Å². The van der Waals surface area contributed by atoms with E-state index in [9.17, 15) is 0 Å². The average molecular weight is 243 g/mol. The first-order valence-corrected chi connectivity index (χ1v) is 5.65. The third-order valence-electron chi connectivity index (χ3n) is 2.14. The molecule has 0 heterocycles. The first kappa shape index (κ1) is 11.6. The van der Waals surface area contributed by atoms with E-state index in [1.165, 1.54) is 0 Å². The van der Waals surface area contributed by atoms with Gasteiger partial charge in [-0.15, -0.1) is 0 Å². The van der Waals surface area contributed by atoms with Crippen molar-refractivity contribution in [1.29, 1.82) is 0 Å². The van der Waals surface area contributed by atoms with Gasteiger partial charge in [0.2, 0.25) is 0 Å². The molecule has 0 fully saturated rings. The number of benzene rings is 2. The number of halogens is 1. The fraction of sp³-hybridized carbons (Fsp3) is 0.0667. The Kier molecular flexibility index (Phi) is 4.07. The highest BCUT2D eigenvalue weighted by molar-refractivity contribution is 6.32. The number of rotatable bonds is 2. The monoisotopic (exact) mass is 242 g/mol. The molecular formula is C15H11ClO. The lowest BCUT2D eigenvalue weighted by Gasteiger charge is -2.02. The van der Waals surface area contributed by atoms with Crippen LogP contribution in [0.5, 0.6) is 5.75 Å². The van der Waals surface area contributed by atoms with Gasteiger partial charge in [0.25, 0.3) is 0 Å². The molecule has 0 N–H and O–H groups in total. The fourth-order valence-corrected chi connectivity index (χ4v) is 1.53. The average Bonchev–Trinajstić information content (AvgIpc) is 2.38. The van der Waals surface area contributed by atoms with Crippen LogP contribution in [-0.2, 0) is 0 Å². The van der Waals surface area contributed by atoms with E-state index >= 15 is 0 Å². The van der Waals surface area contributed by atoms with Crippen LogP contribution in [-0.4, -0.2) is 6.61 Å². The summed E-state index contributed by atoms with van der Waals surface area (Å²) in [7, 11) is 0. The van der Waals surface area contributed by atoms with Crippen molar-refractivity contribution >= 4 is 11.6 Å². The Hall–Kier alpha value is -1.91. The molecule has 0 aliphatic heterocycles. The second-order valence-electron chi connectivity index (χ2n) is 3.39. The van der Waals surface area contributed by atoms with E-state index in [1.54, 1.807) is 6.07 Å². The summed E-state index contributed by atoms with van der Waals surface area (Å²) < 4.78 is 5.45. The summed E-state index contributed by atoms with van der Waals surface area (Å²) >= 11 is 5.95. The van der Waals surface area contributed by atoms with Gasteiger partial charge < -0.3 is 4.74 Å². The molecule has 0 saturated carbocycles. The van der Waals surface area contributed by atoms with Crippen LogP contribution in [0.25, 0.3) is 0 Å². The molecule has 0 radical (unpaired) electrons. The van der Waals surface area contributed by atoms with E-state index in [0.29, 0.717) is 17.4 Å². The lowest BCUT2D eigenvalue weighted by molar-refractivity contribution is 0.370. The zero-order valence-corrected chi connectivity index (χ0v) is 9.95. The molecule has 17 heavy (non-hydrogen) atoms. The van der Waals surface area contributed by atoms with E-state index in [-0.39, 0.29) is 0 Å². The van der Waals surface area contributed by atoms with E-state index < -0.39 is 0 Å². The Labute approximate surface area is 106 Å². The minimum Gasteiger partial charge on any atom is -0.479 e. The standard InChI is InChI=1S/C15H11ClO/c16-14-10-4-5-11-15(14)17-12-6-9-13-7-2-1-3-8-13/h1-5,7-8,10-11H,12H2. The van der Waals surface area contributed by atoms with Crippen LogP contribution in [0.3, 0.4) is 0 Å². The highest BCUT2D eigenvalue weighted by atomic mass is 35.5. The van der Waals surface area contributed by atoms with Crippen molar-refractivity contribution in [3.8, 4) is 17.6 Å². The lowest BCUT2D eigenvalue weighted by atomic mass is 10.2. The van der Waals surface area contributed by atoms with Crippen LogP contribution < -0.4 is 4.74 Å². The lowest BCUT2D eigenvalue weighted by Crippen LogP contribution is -1.94. The first-order valence-electron chi connectivity index (χ1n) is 5.27. The Bertz CT molecular complexity index is 538. The molecule has 0 unspecified atom stereocenters. The van der Waals surface area contributed by atoms with Crippen LogP contribution >= 0.6 is 11.6 Å². The molecule has 84 valence electrons. The number of hydrogen-bond acceptors (Lipinski definition) is 1. The second-order valence-corrected chi connectivity index (χ2v) is 3.79. The molecule has 2 aromatic rings.